The number of fused-ring (bicyclic) bond motifs is 1. The quantitative estimate of drug-likeness (QED) is 0.456. The molecular formula is C16H19N3O8S2. The number of para-hydroxylation sites is 1. The largest absolute Gasteiger partial charge is 0.480 e. The van der Waals surface area contributed by atoms with Crippen LogP contribution in [0.4, 0.5) is 5.69 Å². The standard InChI is InChI=1S/C16H19N3O8S2/c1-16(2)12(15(22)23)19-13(21)11(14(19)29(16,26)27)18-28(24,25)8-10(20)17-9-6-4-3-5-7-9/h3-7,11-12,14,18H,8H2,1-2H3,(H,17,20)(H,22,23)/t11-,12+,14-/m1/s1. The Balaban J connectivity index is 1.76. The number of hydrogen-bond donors (Lipinski definition) is 3. The van der Waals surface area contributed by atoms with Gasteiger partial charge in [-0.2, -0.15) is 4.72 Å². The molecule has 3 N–H and O–H groups in total. The lowest BCUT2D eigenvalue weighted by Crippen LogP contribution is -2.72. The molecule has 0 saturated carbocycles. The van der Waals surface area contributed by atoms with Crippen LogP contribution in [-0.2, 0) is 34.2 Å². The molecule has 2 amide bonds. The van der Waals surface area contributed by atoms with Gasteiger partial charge in [0.25, 0.3) is 0 Å². The van der Waals surface area contributed by atoms with Crippen LogP contribution in [0.2, 0.25) is 0 Å². The fraction of sp³-hybridized carbons (Fsp3) is 0.438. The molecule has 11 nitrogen and oxygen atoms in total. The SMILES string of the molecule is CC1(C)[C@H](C(=O)O)N2C(=O)[C@@H](NS(=O)(=O)CC(=O)Nc3ccccc3)[C@H]2S1(=O)=O. The fourth-order valence-electron chi connectivity index (χ4n) is 3.54. The molecule has 0 spiro atoms. The second-order valence-corrected chi connectivity index (χ2v) is 11.7. The van der Waals surface area contributed by atoms with Crippen molar-refractivity contribution >= 4 is 43.3 Å². The number of rotatable bonds is 6. The number of carbonyl (C=O) groups excluding carboxylic acids is 2. The number of carboxylic acid groups (broad SMARTS) is 1. The Morgan fingerprint density at radius 1 is 1.21 bits per heavy atom. The summed E-state index contributed by atoms with van der Waals surface area (Å²) in [5.74, 6) is -4.39. The Kier molecular flexibility index (Phi) is 4.96. The molecule has 3 atom stereocenters. The van der Waals surface area contributed by atoms with Crippen molar-refractivity contribution in [3.63, 3.8) is 0 Å². The molecule has 29 heavy (non-hydrogen) atoms. The van der Waals surface area contributed by atoms with Gasteiger partial charge in [0.1, 0.15) is 22.6 Å². The molecule has 13 heteroatoms. The normalized spacial score (nSPS) is 27.0. The molecule has 2 heterocycles. The monoisotopic (exact) mass is 445 g/mol. The summed E-state index contributed by atoms with van der Waals surface area (Å²) in [5.41, 5.74) is 0.364. The van der Waals surface area contributed by atoms with Gasteiger partial charge in [-0.15, -0.1) is 0 Å². The number of β-lactam (4-membered cyclic amide) rings is 1. The van der Waals surface area contributed by atoms with Crippen LogP contribution >= 0.6 is 0 Å². The van der Waals surface area contributed by atoms with Crippen LogP contribution in [-0.4, -0.2) is 72.6 Å². The van der Waals surface area contributed by atoms with Gasteiger partial charge in [0.2, 0.25) is 21.8 Å². The van der Waals surface area contributed by atoms with Gasteiger partial charge in [-0.05, 0) is 26.0 Å². The Bertz CT molecular complexity index is 1080. The zero-order chi connectivity index (χ0) is 21.8. The number of amides is 2. The molecule has 1 aromatic carbocycles. The molecule has 0 bridgehead atoms. The van der Waals surface area contributed by atoms with Gasteiger partial charge in [-0.1, -0.05) is 18.2 Å². The van der Waals surface area contributed by atoms with Crippen molar-refractivity contribution in [1.82, 2.24) is 9.62 Å². The molecular weight excluding hydrogens is 426 g/mol. The summed E-state index contributed by atoms with van der Waals surface area (Å²) in [6.45, 7) is 2.34. The number of sulfonamides is 1. The summed E-state index contributed by atoms with van der Waals surface area (Å²) in [7, 11) is -8.57. The Morgan fingerprint density at radius 3 is 2.34 bits per heavy atom. The zero-order valence-electron chi connectivity index (χ0n) is 15.4. The van der Waals surface area contributed by atoms with Gasteiger partial charge in [-0.3, -0.25) is 9.59 Å². The molecule has 2 saturated heterocycles. The minimum absolute atomic E-state index is 0.364. The fourth-order valence-corrected chi connectivity index (χ4v) is 6.96. The average molecular weight is 445 g/mol. The van der Waals surface area contributed by atoms with Crippen molar-refractivity contribution in [3.8, 4) is 0 Å². The Morgan fingerprint density at radius 2 is 1.79 bits per heavy atom. The van der Waals surface area contributed by atoms with Crippen molar-refractivity contribution in [1.29, 1.82) is 0 Å². The maximum absolute atomic E-state index is 12.7. The molecule has 2 fully saturated rings. The molecule has 2 aliphatic rings. The number of carboxylic acids is 1. The lowest BCUT2D eigenvalue weighted by Gasteiger charge is -2.42. The average Bonchev–Trinajstić information content (AvgIpc) is 2.74. The first-order chi connectivity index (χ1) is 13.3. The second kappa shape index (κ2) is 6.78. The maximum Gasteiger partial charge on any atom is 0.328 e. The summed E-state index contributed by atoms with van der Waals surface area (Å²) in [6, 6.07) is 4.75. The smallest absolute Gasteiger partial charge is 0.328 e. The van der Waals surface area contributed by atoms with E-state index >= 15 is 0 Å². The molecule has 0 aromatic heterocycles. The van der Waals surface area contributed by atoms with Crippen LogP contribution in [0, 0.1) is 0 Å². The van der Waals surface area contributed by atoms with E-state index in [0.29, 0.717) is 10.6 Å². The Hall–Kier alpha value is -2.51. The molecule has 2 aliphatic heterocycles. The highest BCUT2D eigenvalue weighted by Crippen LogP contribution is 2.46. The number of hydrogen-bond acceptors (Lipinski definition) is 7. The van der Waals surface area contributed by atoms with Gasteiger partial charge < -0.3 is 15.3 Å². The minimum atomic E-state index is -4.38. The second-order valence-electron chi connectivity index (χ2n) is 7.29. The lowest BCUT2D eigenvalue weighted by molar-refractivity contribution is -0.159. The van der Waals surface area contributed by atoms with Crippen molar-refractivity contribution < 1.29 is 36.3 Å². The number of anilines is 1. The molecule has 0 aliphatic carbocycles. The first-order valence-electron chi connectivity index (χ1n) is 8.43. The highest BCUT2D eigenvalue weighted by Gasteiger charge is 2.72. The molecule has 0 radical (unpaired) electrons. The number of sulfone groups is 1. The first-order valence-corrected chi connectivity index (χ1v) is 11.6. The van der Waals surface area contributed by atoms with E-state index in [0.717, 1.165) is 0 Å². The first kappa shape index (κ1) is 21.2. The molecule has 1 aromatic rings. The van der Waals surface area contributed by atoms with Gasteiger partial charge >= 0.3 is 5.97 Å². The summed E-state index contributed by atoms with van der Waals surface area (Å²) in [5, 5.41) is 10.1. The maximum atomic E-state index is 12.7. The summed E-state index contributed by atoms with van der Waals surface area (Å²) < 4.78 is 50.2. The van der Waals surface area contributed by atoms with Gasteiger partial charge in [-0.25, -0.2) is 21.6 Å². The topological polar surface area (TPSA) is 167 Å². The summed E-state index contributed by atoms with van der Waals surface area (Å²) in [4.78, 5) is 36.5. The molecule has 158 valence electrons. The number of carbonyl (C=O) groups is 3. The zero-order valence-corrected chi connectivity index (χ0v) is 17.0. The van der Waals surface area contributed by atoms with E-state index in [1.54, 1.807) is 30.3 Å². The molecule has 0 unspecified atom stereocenters. The van der Waals surface area contributed by atoms with E-state index in [4.69, 9.17) is 0 Å². The van der Waals surface area contributed by atoms with Gasteiger partial charge in [0.05, 0.1) is 0 Å². The van der Waals surface area contributed by atoms with Crippen molar-refractivity contribution in [2.24, 2.45) is 0 Å². The predicted molar refractivity (Wildman–Crippen MR) is 101 cm³/mol. The van der Waals surface area contributed by atoms with Crippen LogP contribution in [0.5, 0.6) is 0 Å². The third kappa shape index (κ3) is 3.38. The number of nitrogens with one attached hydrogen (secondary N) is 2. The van der Waals surface area contributed by atoms with E-state index in [1.807, 2.05) is 4.72 Å². The van der Waals surface area contributed by atoms with Crippen LogP contribution in [0.1, 0.15) is 13.8 Å². The third-order valence-electron chi connectivity index (χ3n) is 4.99. The lowest BCUT2D eigenvalue weighted by atomic mass is 9.96. The number of benzene rings is 1. The number of aliphatic carboxylic acids is 1. The summed E-state index contributed by atoms with van der Waals surface area (Å²) >= 11 is 0. The third-order valence-corrected chi connectivity index (χ3v) is 9.07. The van der Waals surface area contributed by atoms with E-state index in [9.17, 15) is 36.3 Å². The Labute approximate surface area is 167 Å². The van der Waals surface area contributed by atoms with Gasteiger partial charge in [0.15, 0.2) is 15.2 Å². The summed E-state index contributed by atoms with van der Waals surface area (Å²) in [6.07, 6.45) is 0. The highest BCUT2D eigenvalue weighted by atomic mass is 32.2. The van der Waals surface area contributed by atoms with Crippen LogP contribution in [0.25, 0.3) is 0 Å². The van der Waals surface area contributed by atoms with Crippen molar-refractivity contribution in [3.05, 3.63) is 30.3 Å². The van der Waals surface area contributed by atoms with Crippen LogP contribution in [0.3, 0.4) is 0 Å². The van der Waals surface area contributed by atoms with Crippen molar-refractivity contribution in [2.45, 2.75) is 36.1 Å². The van der Waals surface area contributed by atoms with Gasteiger partial charge in [0, 0.05) is 5.69 Å². The van der Waals surface area contributed by atoms with Crippen LogP contribution in [0.15, 0.2) is 30.3 Å². The predicted octanol–water partition coefficient (Wildman–Crippen LogP) is -1.26. The van der Waals surface area contributed by atoms with E-state index in [1.165, 1.54) is 13.8 Å². The number of nitrogens with zero attached hydrogens (tertiary/aromatic N) is 1. The van der Waals surface area contributed by atoms with E-state index in [2.05, 4.69) is 5.32 Å². The minimum Gasteiger partial charge on any atom is -0.480 e. The molecule has 3 rings (SSSR count). The highest BCUT2D eigenvalue weighted by molar-refractivity contribution is 7.94. The van der Waals surface area contributed by atoms with E-state index < -0.39 is 65.6 Å². The van der Waals surface area contributed by atoms with Crippen LogP contribution < -0.4 is 10.0 Å². The van der Waals surface area contributed by atoms with E-state index in [-0.39, 0.29) is 0 Å². The van der Waals surface area contributed by atoms with Crippen molar-refractivity contribution in [2.75, 3.05) is 11.1 Å².